The summed E-state index contributed by atoms with van der Waals surface area (Å²) in [7, 11) is 0. The van der Waals surface area contributed by atoms with Crippen LogP contribution in [0.25, 0.3) is 0 Å². The predicted octanol–water partition coefficient (Wildman–Crippen LogP) is 8.47. The molecular formula is C27H49N. The third-order valence-electron chi connectivity index (χ3n) is 6.05. The fourth-order valence-corrected chi connectivity index (χ4v) is 4.30. The molecule has 0 aliphatic carbocycles. The second kappa shape index (κ2) is 15.1. The van der Waals surface area contributed by atoms with Crippen LogP contribution in [0.2, 0.25) is 0 Å². The van der Waals surface area contributed by atoms with Crippen molar-refractivity contribution in [3.8, 4) is 0 Å². The molecule has 162 valence electrons. The van der Waals surface area contributed by atoms with Crippen molar-refractivity contribution in [3.63, 3.8) is 0 Å². The Kier molecular flexibility index (Phi) is 13.6. The molecule has 0 radical (unpaired) electrons. The summed E-state index contributed by atoms with van der Waals surface area (Å²) in [6.07, 6.45) is 21.7. The summed E-state index contributed by atoms with van der Waals surface area (Å²) >= 11 is 0. The van der Waals surface area contributed by atoms with Crippen LogP contribution < -0.4 is 5.73 Å². The van der Waals surface area contributed by atoms with Gasteiger partial charge >= 0.3 is 0 Å². The number of hydrogen-bond donors (Lipinski definition) is 1. The number of rotatable bonds is 17. The molecule has 0 saturated heterocycles. The molecule has 0 aromatic heterocycles. The lowest BCUT2D eigenvalue weighted by atomic mass is 9.84. The van der Waals surface area contributed by atoms with Crippen LogP contribution in [-0.4, -0.2) is 0 Å². The van der Waals surface area contributed by atoms with Gasteiger partial charge in [-0.25, -0.2) is 0 Å². The smallest absolute Gasteiger partial charge is 0.0355 e. The van der Waals surface area contributed by atoms with E-state index in [-0.39, 0.29) is 5.54 Å². The number of nitrogens with two attached hydrogens (primary N) is 1. The van der Waals surface area contributed by atoms with Crippen LogP contribution in [-0.2, 0) is 18.4 Å². The number of unbranched alkanes of at least 4 members (excludes halogenated alkanes) is 12. The Morgan fingerprint density at radius 1 is 0.643 bits per heavy atom. The van der Waals surface area contributed by atoms with Crippen LogP contribution in [0.5, 0.6) is 0 Å². The lowest BCUT2D eigenvalue weighted by molar-refractivity contribution is 0.538. The molecule has 1 aromatic rings. The second-order valence-electron chi connectivity index (χ2n) is 9.41. The Labute approximate surface area is 176 Å². The zero-order valence-corrected chi connectivity index (χ0v) is 19.6. The summed E-state index contributed by atoms with van der Waals surface area (Å²) in [5.74, 6) is 0. The van der Waals surface area contributed by atoms with E-state index >= 15 is 0 Å². The van der Waals surface area contributed by atoms with Gasteiger partial charge in [0.25, 0.3) is 0 Å². The summed E-state index contributed by atoms with van der Waals surface area (Å²) in [4.78, 5) is 0. The summed E-state index contributed by atoms with van der Waals surface area (Å²) in [5.41, 5.74) is 10.8. The second-order valence-corrected chi connectivity index (χ2v) is 9.41. The first-order valence-corrected chi connectivity index (χ1v) is 12.4. The van der Waals surface area contributed by atoms with Crippen molar-refractivity contribution in [2.24, 2.45) is 5.73 Å². The summed E-state index contributed by atoms with van der Waals surface area (Å²) in [5, 5.41) is 0. The molecule has 0 bridgehead atoms. The fourth-order valence-electron chi connectivity index (χ4n) is 4.30. The first kappa shape index (κ1) is 25.2. The maximum absolute atomic E-state index is 6.53. The minimum atomic E-state index is -0.243. The van der Waals surface area contributed by atoms with Gasteiger partial charge in [-0.15, -0.1) is 0 Å². The summed E-state index contributed by atoms with van der Waals surface area (Å²) in [6.45, 7) is 8.90. The molecule has 0 spiro atoms. The molecule has 1 rings (SSSR count). The van der Waals surface area contributed by atoms with Gasteiger partial charge in [-0.1, -0.05) is 109 Å². The van der Waals surface area contributed by atoms with Gasteiger partial charge in [-0.05, 0) is 56.2 Å². The molecule has 0 fully saturated rings. The van der Waals surface area contributed by atoms with Crippen molar-refractivity contribution in [1.29, 1.82) is 0 Å². The zero-order valence-electron chi connectivity index (χ0n) is 19.6. The Bertz CT molecular complexity index is 497. The molecule has 1 nitrogen and oxygen atoms in total. The van der Waals surface area contributed by atoms with Crippen LogP contribution in [0.15, 0.2) is 18.2 Å². The molecule has 0 amide bonds. The van der Waals surface area contributed by atoms with Crippen molar-refractivity contribution >= 4 is 0 Å². The van der Waals surface area contributed by atoms with E-state index in [9.17, 15) is 0 Å². The molecule has 0 atom stereocenters. The van der Waals surface area contributed by atoms with E-state index < -0.39 is 0 Å². The van der Waals surface area contributed by atoms with Gasteiger partial charge in [0.1, 0.15) is 0 Å². The zero-order chi connectivity index (χ0) is 20.7. The van der Waals surface area contributed by atoms with E-state index in [4.69, 9.17) is 5.73 Å². The first-order chi connectivity index (χ1) is 13.5. The third kappa shape index (κ3) is 10.6. The van der Waals surface area contributed by atoms with Crippen LogP contribution in [0.1, 0.15) is 134 Å². The molecule has 0 aliphatic rings. The molecular weight excluding hydrogens is 338 g/mol. The molecule has 1 heteroatoms. The van der Waals surface area contributed by atoms with Crippen LogP contribution >= 0.6 is 0 Å². The molecule has 1 aromatic carbocycles. The Hall–Kier alpha value is -0.820. The first-order valence-electron chi connectivity index (χ1n) is 12.4. The van der Waals surface area contributed by atoms with Crippen LogP contribution in [0.3, 0.4) is 0 Å². The standard InChI is InChI=1S/C27H49N/c1-5-7-9-11-13-15-17-20-24-21-19-23-26(27(3,4)28)25(24)22-18-16-14-12-10-8-6-2/h19,21,23H,5-18,20,22,28H2,1-4H3. The molecule has 2 N–H and O–H groups in total. The monoisotopic (exact) mass is 387 g/mol. The van der Waals surface area contributed by atoms with Crippen molar-refractivity contribution in [2.75, 3.05) is 0 Å². The maximum atomic E-state index is 6.53. The molecule has 28 heavy (non-hydrogen) atoms. The van der Waals surface area contributed by atoms with E-state index in [0.29, 0.717) is 0 Å². The maximum Gasteiger partial charge on any atom is 0.0355 e. The van der Waals surface area contributed by atoms with Gasteiger partial charge < -0.3 is 5.73 Å². The highest BCUT2D eigenvalue weighted by Crippen LogP contribution is 2.27. The molecule has 0 unspecified atom stereocenters. The quantitative estimate of drug-likeness (QED) is 0.266. The van der Waals surface area contributed by atoms with Crippen molar-refractivity contribution in [2.45, 2.75) is 136 Å². The van der Waals surface area contributed by atoms with Crippen molar-refractivity contribution < 1.29 is 0 Å². The average Bonchev–Trinajstić information content (AvgIpc) is 2.66. The fraction of sp³-hybridized carbons (Fsp3) is 0.778. The Morgan fingerprint density at radius 3 is 1.61 bits per heavy atom. The van der Waals surface area contributed by atoms with E-state index in [1.807, 2.05) is 0 Å². The lowest BCUT2D eigenvalue weighted by Crippen LogP contribution is -2.30. The predicted molar refractivity (Wildman–Crippen MR) is 127 cm³/mol. The SMILES string of the molecule is CCCCCCCCCc1cccc(C(C)(C)N)c1CCCCCCCCC. The van der Waals surface area contributed by atoms with E-state index in [1.54, 1.807) is 11.1 Å². The van der Waals surface area contributed by atoms with Gasteiger partial charge in [0.05, 0.1) is 0 Å². The van der Waals surface area contributed by atoms with Gasteiger partial charge in [0.2, 0.25) is 0 Å². The van der Waals surface area contributed by atoms with Crippen molar-refractivity contribution in [3.05, 3.63) is 34.9 Å². The minimum absolute atomic E-state index is 0.243. The molecule has 0 aliphatic heterocycles. The third-order valence-corrected chi connectivity index (χ3v) is 6.05. The van der Waals surface area contributed by atoms with Gasteiger partial charge in [0, 0.05) is 5.54 Å². The number of benzene rings is 1. The molecule has 0 saturated carbocycles. The number of hydrogen-bond acceptors (Lipinski definition) is 1. The van der Waals surface area contributed by atoms with Gasteiger partial charge in [-0.2, -0.15) is 0 Å². The normalized spacial score (nSPS) is 11.9. The van der Waals surface area contributed by atoms with E-state index in [1.165, 1.54) is 108 Å². The van der Waals surface area contributed by atoms with Crippen molar-refractivity contribution in [1.82, 2.24) is 0 Å². The highest BCUT2D eigenvalue weighted by molar-refractivity contribution is 5.39. The largest absolute Gasteiger partial charge is 0.322 e. The summed E-state index contributed by atoms with van der Waals surface area (Å²) < 4.78 is 0. The minimum Gasteiger partial charge on any atom is -0.322 e. The Morgan fingerprint density at radius 2 is 1.11 bits per heavy atom. The van der Waals surface area contributed by atoms with Crippen LogP contribution in [0, 0.1) is 0 Å². The Balaban J connectivity index is 2.55. The summed E-state index contributed by atoms with van der Waals surface area (Å²) in [6, 6.07) is 6.86. The lowest BCUT2D eigenvalue weighted by Gasteiger charge is -2.25. The topological polar surface area (TPSA) is 26.0 Å². The average molecular weight is 388 g/mol. The van der Waals surface area contributed by atoms with Crippen LogP contribution in [0.4, 0.5) is 0 Å². The van der Waals surface area contributed by atoms with E-state index in [2.05, 4.69) is 45.9 Å². The highest BCUT2D eigenvalue weighted by atomic mass is 14.7. The highest BCUT2D eigenvalue weighted by Gasteiger charge is 2.19. The number of aryl methyl sites for hydroxylation is 1. The molecule has 0 heterocycles. The van der Waals surface area contributed by atoms with Gasteiger partial charge in [-0.3, -0.25) is 0 Å². The van der Waals surface area contributed by atoms with E-state index in [0.717, 1.165) is 0 Å². The van der Waals surface area contributed by atoms with Gasteiger partial charge in [0.15, 0.2) is 0 Å².